The lowest BCUT2D eigenvalue weighted by atomic mass is 10.0. The monoisotopic (exact) mass is 286 g/mol. The Morgan fingerprint density at radius 1 is 0.727 bits per heavy atom. The lowest BCUT2D eigenvalue weighted by Crippen LogP contribution is -2.02. The smallest absolute Gasteiger partial charge is 0.0781 e. The van der Waals surface area contributed by atoms with Gasteiger partial charge in [-0.15, -0.1) is 0 Å². The maximum atomic E-state index is 4.88. The van der Waals surface area contributed by atoms with Crippen LogP contribution in [0.1, 0.15) is 11.1 Å². The van der Waals surface area contributed by atoms with Crippen LogP contribution in [0.15, 0.2) is 89.9 Å². The minimum atomic E-state index is 0.939. The van der Waals surface area contributed by atoms with Gasteiger partial charge in [0.15, 0.2) is 0 Å². The molecule has 0 heterocycles. The Kier molecular flexibility index (Phi) is 4.30. The van der Waals surface area contributed by atoms with Crippen LogP contribution in [0.25, 0.3) is 0 Å². The molecule has 0 atom stereocenters. The Bertz CT molecular complexity index is 720. The third-order valence-corrected chi connectivity index (χ3v) is 3.47. The van der Waals surface area contributed by atoms with Crippen LogP contribution >= 0.6 is 0 Å². The van der Waals surface area contributed by atoms with Crippen LogP contribution in [0.5, 0.6) is 0 Å². The van der Waals surface area contributed by atoms with Crippen LogP contribution in [0.2, 0.25) is 0 Å². The summed E-state index contributed by atoms with van der Waals surface area (Å²) in [6.45, 7) is 0. The second-order valence-electron chi connectivity index (χ2n) is 4.99. The van der Waals surface area contributed by atoms with Gasteiger partial charge in [0, 0.05) is 23.9 Å². The third-order valence-electron chi connectivity index (χ3n) is 3.47. The summed E-state index contributed by atoms with van der Waals surface area (Å²) in [4.78, 5) is 4.88. The van der Waals surface area contributed by atoms with E-state index in [0.29, 0.717) is 0 Å². The highest BCUT2D eigenvalue weighted by Gasteiger charge is 2.06. The molecular weight excluding hydrogens is 268 g/mol. The Labute approximate surface area is 131 Å². The van der Waals surface area contributed by atoms with Crippen molar-refractivity contribution in [3.05, 3.63) is 96.1 Å². The Hall–Kier alpha value is -2.87. The van der Waals surface area contributed by atoms with E-state index in [2.05, 4.69) is 29.6 Å². The second-order valence-corrected chi connectivity index (χ2v) is 4.99. The summed E-state index contributed by atoms with van der Waals surface area (Å²) < 4.78 is 0. The molecule has 2 nitrogen and oxygen atoms in total. The van der Waals surface area contributed by atoms with Crippen molar-refractivity contribution in [1.29, 1.82) is 0 Å². The molecule has 0 aliphatic rings. The van der Waals surface area contributed by atoms with Gasteiger partial charge in [-0.05, 0) is 18.2 Å². The molecule has 0 bridgehead atoms. The highest BCUT2D eigenvalue weighted by atomic mass is 14.8. The fraction of sp³-hybridized carbons (Fsp3) is 0.0500. The van der Waals surface area contributed by atoms with Gasteiger partial charge in [0.1, 0.15) is 0 Å². The molecule has 0 saturated heterocycles. The average Bonchev–Trinajstić information content (AvgIpc) is 2.61. The molecule has 1 N–H and O–H groups in total. The first-order valence-corrected chi connectivity index (χ1v) is 7.34. The fourth-order valence-electron chi connectivity index (χ4n) is 2.35. The number of hydrogen-bond donors (Lipinski definition) is 1. The first-order chi connectivity index (χ1) is 10.9. The molecule has 108 valence electrons. The fourth-order valence-corrected chi connectivity index (χ4v) is 2.35. The summed E-state index contributed by atoms with van der Waals surface area (Å²) in [6.07, 6.45) is 0. The molecule has 3 aromatic carbocycles. The minimum Gasteiger partial charge on any atom is -0.388 e. The number of nitrogens with one attached hydrogen (secondary N) is 1. The first kappa shape index (κ1) is 14.1. The molecule has 3 rings (SSSR count). The van der Waals surface area contributed by atoms with E-state index in [1.807, 2.05) is 67.7 Å². The van der Waals surface area contributed by atoms with Gasteiger partial charge in [-0.25, -0.2) is 4.99 Å². The van der Waals surface area contributed by atoms with E-state index in [4.69, 9.17) is 4.99 Å². The van der Waals surface area contributed by atoms with Crippen molar-refractivity contribution in [3.8, 4) is 0 Å². The highest BCUT2D eigenvalue weighted by molar-refractivity contribution is 6.13. The van der Waals surface area contributed by atoms with E-state index >= 15 is 0 Å². The van der Waals surface area contributed by atoms with Crippen molar-refractivity contribution in [2.75, 3.05) is 12.4 Å². The molecule has 0 unspecified atom stereocenters. The van der Waals surface area contributed by atoms with Crippen molar-refractivity contribution >= 4 is 17.1 Å². The average molecular weight is 286 g/mol. The van der Waals surface area contributed by atoms with Gasteiger partial charge in [-0.2, -0.15) is 0 Å². The highest BCUT2D eigenvalue weighted by Crippen LogP contribution is 2.21. The number of benzene rings is 3. The second kappa shape index (κ2) is 6.72. The Morgan fingerprint density at radius 2 is 1.32 bits per heavy atom. The molecule has 22 heavy (non-hydrogen) atoms. The standard InChI is InChI=1S/C20H18N2/c1-21-18-13-8-14-19(15-18)22-20(16-9-4-2-5-10-16)17-11-6-3-7-12-17/h2-15,21H,1H3. The summed E-state index contributed by atoms with van der Waals surface area (Å²) in [5.41, 5.74) is 5.21. The summed E-state index contributed by atoms with van der Waals surface area (Å²) in [6, 6.07) is 28.7. The molecule has 0 spiro atoms. The quantitative estimate of drug-likeness (QED) is 0.678. The third kappa shape index (κ3) is 3.23. The van der Waals surface area contributed by atoms with Crippen LogP contribution < -0.4 is 5.32 Å². The summed E-state index contributed by atoms with van der Waals surface area (Å²) in [5.74, 6) is 0. The van der Waals surface area contributed by atoms with Crippen LogP contribution in [-0.2, 0) is 0 Å². The van der Waals surface area contributed by atoms with E-state index in [-0.39, 0.29) is 0 Å². The van der Waals surface area contributed by atoms with E-state index in [9.17, 15) is 0 Å². The van der Waals surface area contributed by atoms with Gasteiger partial charge < -0.3 is 5.32 Å². The zero-order valence-electron chi connectivity index (χ0n) is 12.5. The number of aliphatic imine (C=N–C) groups is 1. The number of hydrogen-bond acceptors (Lipinski definition) is 2. The Balaban J connectivity index is 2.11. The number of anilines is 1. The molecule has 0 aliphatic carbocycles. The van der Waals surface area contributed by atoms with Gasteiger partial charge in [-0.1, -0.05) is 66.7 Å². The van der Waals surface area contributed by atoms with Crippen molar-refractivity contribution in [2.24, 2.45) is 4.99 Å². The molecule has 3 aromatic rings. The summed E-state index contributed by atoms with van der Waals surface area (Å²) >= 11 is 0. The normalized spacial score (nSPS) is 10.0. The Morgan fingerprint density at radius 3 is 1.86 bits per heavy atom. The number of nitrogens with zero attached hydrogens (tertiary/aromatic N) is 1. The molecule has 2 heteroatoms. The van der Waals surface area contributed by atoms with Crippen molar-refractivity contribution in [2.45, 2.75) is 0 Å². The summed E-state index contributed by atoms with van der Waals surface area (Å²) in [5, 5.41) is 3.15. The number of rotatable bonds is 4. The van der Waals surface area contributed by atoms with E-state index in [0.717, 1.165) is 28.2 Å². The van der Waals surface area contributed by atoms with Crippen LogP contribution in [0.4, 0.5) is 11.4 Å². The van der Waals surface area contributed by atoms with Crippen molar-refractivity contribution < 1.29 is 0 Å². The van der Waals surface area contributed by atoms with Gasteiger partial charge in [0.05, 0.1) is 11.4 Å². The topological polar surface area (TPSA) is 24.4 Å². The van der Waals surface area contributed by atoms with Gasteiger partial charge >= 0.3 is 0 Å². The van der Waals surface area contributed by atoms with Crippen LogP contribution in [0.3, 0.4) is 0 Å². The zero-order valence-corrected chi connectivity index (χ0v) is 12.5. The molecule has 0 radical (unpaired) electrons. The SMILES string of the molecule is CNc1cccc(N=C(c2ccccc2)c2ccccc2)c1. The molecule has 0 fully saturated rings. The van der Waals surface area contributed by atoms with Gasteiger partial charge in [-0.3, -0.25) is 0 Å². The lowest BCUT2D eigenvalue weighted by Gasteiger charge is -2.08. The van der Waals surface area contributed by atoms with E-state index < -0.39 is 0 Å². The maximum Gasteiger partial charge on any atom is 0.0781 e. The predicted octanol–water partition coefficient (Wildman–Crippen LogP) is 4.90. The minimum absolute atomic E-state index is 0.939. The zero-order chi connectivity index (χ0) is 15.2. The van der Waals surface area contributed by atoms with Crippen molar-refractivity contribution in [1.82, 2.24) is 0 Å². The van der Waals surface area contributed by atoms with Crippen LogP contribution in [-0.4, -0.2) is 12.8 Å². The van der Waals surface area contributed by atoms with Crippen molar-refractivity contribution in [3.63, 3.8) is 0 Å². The lowest BCUT2D eigenvalue weighted by molar-refractivity contribution is 1.45. The van der Waals surface area contributed by atoms with E-state index in [1.54, 1.807) is 0 Å². The van der Waals surface area contributed by atoms with Crippen LogP contribution in [0, 0.1) is 0 Å². The van der Waals surface area contributed by atoms with Gasteiger partial charge in [0.2, 0.25) is 0 Å². The molecule has 0 aliphatic heterocycles. The molecule has 0 aromatic heterocycles. The van der Waals surface area contributed by atoms with E-state index in [1.165, 1.54) is 0 Å². The predicted molar refractivity (Wildman–Crippen MR) is 94.2 cm³/mol. The van der Waals surface area contributed by atoms with Gasteiger partial charge in [0.25, 0.3) is 0 Å². The largest absolute Gasteiger partial charge is 0.388 e. The maximum absolute atomic E-state index is 4.88. The summed E-state index contributed by atoms with van der Waals surface area (Å²) in [7, 11) is 1.91. The molecule has 0 saturated carbocycles. The molecular formula is C20H18N2. The molecule has 0 amide bonds. The first-order valence-electron chi connectivity index (χ1n) is 7.34.